The summed E-state index contributed by atoms with van der Waals surface area (Å²) in [7, 11) is 0. The highest BCUT2D eigenvalue weighted by atomic mass is 32.2. The van der Waals surface area contributed by atoms with E-state index in [9.17, 15) is 9.00 Å². The molecular formula is C4H8O4S. The second-order valence-corrected chi connectivity index (χ2v) is 2.63. The normalized spacial score (nSPS) is 16.7. The second-order valence-electron chi connectivity index (χ2n) is 1.51. The first-order chi connectivity index (χ1) is 4.09. The van der Waals surface area contributed by atoms with Crippen LogP contribution in [0.3, 0.4) is 0 Å². The van der Waals surface area contributed by atoms with Crippen molar-refractivity contribution in [2.45, 2.75) is 18.6 Å². The molecule has 0 aliphatic carbocycles. The van der Waals surface area contributed by atoms with Gasteiger partial charge in [0.2, 0.25) is 0 Å². The van der Waals surface area contributed by atoms with Gasteiger partial charge in [-0.25, -0.2) is 4.21 Å². The first kappa shape index (κ1) is 8.58. The summed E-state index contributed by atoms with van der Waals surface area (Å²) in [5.74, 6) is -1.22. The summed E-state index contributed by atoms with van der Waals surface area (Å²) in [5, 5.41) is 7.06. The third-order valence-electron chi connectivity index (χ3n) is 0.890. The maximum atomic E-state index is 10.1. The van der Waals surface area contributed by atoms with Crippen molar-refractivity contribution >= 4 is 17.0 Å². The lowest BCUT2D eigenvalue weighted by Crippen LogP contribution is -2.23. The van der Waals surface area contributed by atoms with Crippen LogP contribution in [0.2, 0.25) is 0 Å². The topological polar surface area (TPSA) is 74.6 Å². The lowest BCUT2D eigenvalue weighted by atomic mass is 10.3. The van der Waals surface area contributed by atoms with Crippen LogP contribution >= 0.6 is 0 Å². The van der Waals surface area contributed by atoms with Crippen molar-refractivity contribution in [2.24, 2.45) is 0 Å². The van der Waals surface area contributed by atoms with Crippen LogP contribution in [-0.4, -0.2) is 25.1 Å². The van der Waals surface area contributed by atoms with Gasteiger partial charge in [0.1, 0.15) is 0 Å². The van der Waals surface area contributed by atoms with E-state index in [1.54, 1.807) is 6.92 Å². The maximum absolute atomic E-state index is 10.1. The molecule has 0 saturated heterocycles. The fraction of sp³-hybridized carbons (Fsp3) is 0.750. The van der Waals surface area contributed by atoms with Crippen LogP contribution in [0.15, 0.2) is 0 Å². The van der Waals surface area contributed by atoms with Crippen LogP contribution in [-0.2, 0) is 15.9 Å². The van der Waals surface area contributed by atoms with Gasteiger partial charge < -0.3 is 9.66 Å². The highest BCUT2D eigenvalue weighted by Gasteiger charge is 2.20. The number of carboxylic acids is 1. The van der Waals surface area contributed by atoms with Gasteiger partial charge in [0.05, 0.1) is 0 Å². The van der Waals surface area contributed by atoms with Crippen LogP contribution in [0.5, 0.6) is 0 Å². The van der Waals surface area contributed by atoms with Gasteiger partial charge in [0.15, 0.2) is 16.3 Å². The average molecular weight is 152 g/mol. The Bertz CT molecular complexity index is 119. The first-order valence-corrected chi connectivity index (χ1v) is 3.59. The molecule has 0 heterocycles. The predicted molar refractivity (Wildman–Crippen MR) is 32.5 cm³/mol. The summed E-state index contributed by atoms with van der Waals surface area (Å²) < 4.78 is 18.4. The predicted octanol–water partition coefficient (Wildman–Crippen LogP) is 0.0713. The van der Waals surface area contributed by atoms with Crippen LogP contribution in [0, 0.1) is 0 Å². The molecule has 0 amide bonds. The Hall–Kier alpha value is -0.420. The van der Waals surface area contributed by atoms with E-state index in [1.165, 1.54) is 0 Å². The fourth-order valence-electron chi connectivity index (χ4n) is 0.403. The molecule has 0 bridgehead atoms. The van der Waals surface area contributed by atoms with E-state index >= 15 is 0 Å². The number of aliphatic carboxylic acids is 1. The van der Waals surface area contributed by atoms with Crippen molar-refractivity contribution in [3.8, 4) is 0 Å². The zero-order valence-corrected chi connectivity index (χ0v) is 5.72. The quantitative estimate of drug-likeness (QED) is 0.561. The molecule has 0 spiro atoms. The number of carbonyl (C=O) groups is 1. The number of hydrogen-bond acceptors (Lipinski definition) is 2. The standard InChI is InChI=1S/C4H8O4S/c1-2-3(4(5)6)9(7)8/h3H,2H2,1H3,(H,5,6)(H,7,8)/t3-/m1/s1. The Morgan fingerprint density at radius 2 is 2.22 bits per heavy atom. The van der Waals surface area contributed by atoms with Crippen molar-refractivity contribution in [1.82, 2.24) is 0 Å². The van der Waals surface area contributed by atoms with Gasteiger partial charge in [0.25, 0.3) is 0 Å². The maximum Gasteiger partial charge on any atom is 0.321 e. The Balaban J connectivity index is 3.99. The average Bonchev–Trinajstić information content (AvgIpc) is 1.64. The van der Waals surface area contributed by atoms with Gasteiger partial charge in [-0.05, 0) is 6.42 Å². The second kappa shape index (κ2) is 3.58. The molecule has 0 rings (SSSR count). The van der Waals surface area contributed by atoms with E-state index in [0.29, 0.717) is 0 Å². The molecule has 0 aliphatic rings. The molecular weight excluding hydrogens is 144 g/mol. The molecule has 0 fully saturated rings. The highest BCUT2D eigenvalue weighted by Crippen LogP contribution is 1.98. The Morgan fingerprint density at radius 3 is 2.22 bits per heavy atom. The minimum Gasteiger partial charge on any atom is -0.480 e. The first-order valence-electron chi connectivity index (χ1n) is 2.42. The van der Waals surface area contributed by atoms with E-state index in [1.807, 2.05) is 0 Å². The summed E-state index contributed by atoms with van der Waals surface area (Å²) in [6, 6.07) is 0. The van der Waals surface area contributed by atoms with E-state index in [0.717, 1.165) is 0 Å². The van der Waals surface area contributed by atoms with Crippen molar-refractivity contribution in [3.05, 3.63) is 0 Å². The van der Waals surface area contributed by atoms with Gasteiger partial charge in [0, 0.05) is 0 Å². The third-order valence-corrected chi connectivity index (χ3v) is 1.91. The lowest BCUT2D eigenvalue weighted by molar-refractivity contribution is -0.136. The van der Waals surface area contributed by atoms with Gasteiger partial charge >= 0.3 is 5.97 Å². The number of rotatable bonds is 3. The minimum absolute atomic E-state index is 0.179. The summed E-state index contributed by atoms with van der Waals surface area (Å²) in [5.41, 5.74) is 0. The van der Waals surface area contributed by atoms with Crippen molar-refractivity contribution in [2.75, 3.05) is 0 Å². The smallest absolute Gasteiger partial charge is 0.321 e. The van der Waals surface area contributed by atoms with Gasteiger partial charge in [-0.1, -0.05) is 6.92 Å². The third kappa shape index (κ3) is 2.57. The molecule has 9 heavy (non-hydrogen) atoms. The van der Waals surface area contributed by atoms with E-state index in [-0.39, 0.29) is 6.42 Å². The fourth-order valence-corrected chi connectivity index (χ4v) is 0.861. The zero-order chi connectivity index (χ0) is 7.44. The van der Waals surface area contributed by atoms with Crippen molar-refractivity contribution in [3.63, 3.8) is 0 Å². The van der Waals surface area contributed by atoms with Gasteiger partial charge in [-0.2, -0.15) is 0 Å². The van der Waals surface area contributed by atoms with E-state index in [4.69, 9.17) is 9.66 Å². The zero-order valence-electron chi connectivity index (χ0n) is 4.90. The molecule has 1 unspecified atom stereocenters. The summed E-state index contributed by atoms with van der Waals surface area (Å²) >= 11 is -2.23. The molecule has 0 aromatic heterocycles. The largest absolute Gasteiger partial charge is 0.480 e. The molecule has 5 heteroatoms. The molecule has 2 atom stereocenters. The molecule has 0 radical (unpaired) electrons. The Labute approximate surface area is 55.2 Å². The highest BCUT2D eigenvalue weighted by molar-refractivity contribution is 7.80. The Morgan fingerprint density at radius 1 is 1.78 bits per heavy atom. The van der Waals surface area contributed by atoms with E-state index in [2.05, 4.69) is 0 Å². The molecule has 2 N–H and O–H groups in total. The Kier molecular flexibility index (Phi) is 3.41. The van der Waals surface area contributed by atoms with E-state index < -0.39 is 22.3 Å². The SMILES string of the molecule is CC[C@H](C(=O)O)S(=O)O. The molecule has 0 aliphatic heterocycles. The molecule has 0 aromatic rings. The molecule has 0 saturated carbocycles. The van der Waals surface area contributed by atoms with Gasteiger partial charge in [-0.3, -0.25) is 4.79 Å². The number of hydrogen-bond donors (Lipinski definition) is 2. The van der Waals surface area contributed by atoms with Crippen LogP contribution in [0.4, 0.5) is 0 Å². The minimum atomic E-state index is -2.23. The van der Waals surface area contributed by atoms with Crippen LogP contribution in [0.1, 0.15) is 13.3 Å². The van der Waals surface area contributed by atoms with Crippen LogP contribution in [0.25, 0.3) is 0 Å². The molecule has 0 aromatic carbocycles. The summed E-state index contributed by atoms with van der Waals surface area (Å²) in [6.07, 6.45) is 0.179. The molecule has 4 nitrogen and oxygen atoms in total. The van der Waals surface area contributed by atoms with Crippen molar-refractivity contribution < 1.29 is 18.7 Å². The monoisotopic (exact) mass is 152 g/mol. The van der Waals surface area contributed by atoms with Crippen LogP contribution < -0.4 is 0 Å². The summed E-state index contributed by atoms with van der Waals surface area (Å²) in [4.78, 5) is 10.0. The number of carboxylic acid groups (broad SMARTS) is 1. The summed E-state index contributed by atoms with van der Waals surface area (Å²) in [6.45, 7) is 1.55. The van der Waals surface area contributed by atoms with Gasteiger partial charge in [-0.15, -0.1) is 0 Å². The molecule has 54 valence electrons. The van der Waals surface area contributed by atoms with Crippen molar-refractivity contribution in [1.29, 1.82) is 0 Å². The lowest BCUT2D eigenvalue weighted by Gasteiger charge is -2.01.